The van der Waals surface area contributed by atoms with E-state index >= 15 is 0 Å². The first kappa shape index (κ1) is 10.7. The minimum absolute atomic E-state index is 0.296. The van der Waals surface area contributed by atoms with Gasteiger partial charge < -0.3 is 5.11 Å². The van der Waals surface area contributed by atoms with Crippen LogP contribution in [0.1, 0.15) is 25.3 Å². The van der Waals surface area contributed by atoms with Crippen LogP contribution in [0, 0.1) is 5.92 Å². The normalized spacial score (nSPS) is 19.6. The lowest BCUT2D eigenvalue weighted by molar-refractivity contribution is -0.144. The lowest BCUT2D eigenvalue weighted by Gasteiger charge is -2.25. The molecule has 1 aromatic rings. The van der Waals surface area contributed by atoms with Gasteiger partial charge >= 0.3 is 5.97 Å². The summed E-state index contributed by atoms with van der Waals surface area (Å²) in [4.78, 5) is 11.4. The molecule has 1 fully saturated rings. The third-order valence-electron chi connectivity index (χ3n) is 3.26. The van der Waals surface area contributed by atoms with Gasteiger partial charge in [0.2, 0.25) is 0 Å². The van der Waals surface area contributed by atoms with Crippen LogP contribution in [0.3, 0.4) is 0 Å². The molecule has 0 heterocycles. The van der Waals surface area contributed by atoms with E-state index in [0.29, 0.717) is 5.92 Å². The van der Waals surface area contributed by atoms with Gasteiger partial charge in [0.15, 0.2) is 0 Å². The van der Waals surface area contributed by atoms with Gasteiger partial charge in [-0.25, -0.2) is 0 Å². The summed E-state index contributed by atoms with van der Waals surface area (Å²) in [6.07, 6.45) is 2.05. The highest BCUT2D eigenvalue weighted by molar-refractivity contribution is 9.10. The number of aliphatic carboxylic acids is 1. The van der Waals surface area contributed by atoms with Gasteiger partial charge in [-0.2, -0.15) is 0 Å². The molecule has 1 unspecified atom stereocenters. The predicted octanol–water partition coefficient (Wildman–Crippen LogP) is 3.20. The first-order chi connectivity index (χ1) is 7.05. The van der Waals surface area contributed by atoms with Crippen LogP contribution < -0.4 is 0 Å². The Kier molecular flexibility index (Phi) is 2.59. The zero-order chi connectivity index (χ0) is 11.1. The second-order valence-electron chi connectivity index (χ2n) is 4.29. The first-order valence-corrected chi connectivity index (χ1v) is 5.84. The summed E-state index contributed by atoms with van der Waals surface area (Å²) < 4.78 is 0.938. The molecule has 0 spiro atoms. The van der Waals surface area contributed by atoms with Crippen molar-refractivity contribution in [2.24, 2.45) is 5.92 Å². The smallest absolute Gasteiger partial charge is 0.314 e. The number of rotatable bonds is 3. The van der Waals surface area contributed by atoms with E-state index in [4.69, 9.17) is 0 Å². The van der Waals surface area contributed by atoms with Crippen LogP contribution in [0.4, 0.5) is 0 Å². The van der Waals surface area contributed by atoms with E-state index in [-0.39, 0.29) is 0 Å². The Balaban J connectivity index is 2.45. The monoisotopic (exact) mass is 268 g/mol. The molecule has 1 atom stereocenters. The summed E-state index contributed by atoms with van der Waals surface area (Å²) in [6.45, 7) is 1.83. The van der Waals surface area contributed by atoms with Gasteiger partial charge in [0, 0.05) is 4.47 Å². The van der Waals surface area contributed by atoms with Crippen molar-refractivity contribution in [2.75, 3.05) is 0 Å². The highest BCUT2D eigenvalue weighted by atomic mass is 79.9. The standard InChI is InChI=1S/C12H13BrO2/c1-12(11(14)15,8-5-6-8)9-3-2-4-10(13)7-9/h2-4,7-8H,5-6H2,1H3,(H,14,15). The molecule has 80 valence electrons. The van der Waals surface area contributed by atoms with E-state index in [1.165, 1.54) is 0 Å². The van der Waals surface area contributed by atoms with Crippen LogP contribution in [0.5, 0.6) is 0 Å². The molecule has 0 saturated heterocycles. The molecular formula is C12H13BrO2. The van der Waals surface area contributed by atoms with Crippen molar-refractivity contribution >= 4 is 21.9 Å². The maximum absolute atomic E-state index is 11.4. The zero-order valence-electron chi connectivity index (χ0n) is 8.53. The molecule has 0 aromatic heterocycles. The summed E-state index contributed by atoms with van der Waals surface area (Å²) in [5.41, 5.74) is 0.177. The molecule has 0 aliphatic heterocycles. The minimum atomic E-state index is -0.719. The van der Waals surface area contributed by atoms with Gasteiger partial charge in [0.25, 0.3) is 0 Å². The number of benzene rings is 1. The lowest BCUT2D eigenvalue weighted by Crippen LogP contribution is -2.34. The van der Waals surface area contributed by atoms with Crippen molar-refractivity contribution in [3.63, 3.8) is 0 Å². The van der Waals surface area contributed by atoms with Crippen molar-refractivity contribution in [1.82, 2.24) is 0 Å². The topological polar surface area (TPSA) is 37.3 Å². The van der Waals surface area contributed by atoms with Crippen LogP contribution in [0.25, 0.3) is 0 Å². The van der Waals surface area contributed by atoms with Crippen molar-refractivity contribution < 1.29 is 9.90 Å². The molecule has 1 aliphatic carbocycles. The number of halogens is 1. The first-order valence-electron chi connectivity index (χ1n) is 5.04. The van der Waals surface area contributed by atoms with Gasteiger partial charge in [0.1, 0.15) is 0 Å². The minimum Gasteiger partial charge on any atom is -0.481 e. The van der Waals surface area contributed by atoms with Crippen LogP contribution in [0.2, 0.25) is 0 Å². The molecule has 0 radical (unpaired) electrons. The quantitative estimate of drug-likeness (QED) is 0.914. The summed E-state index contributed by atoms with van der Waals surface area (Å²) in [7, 11) is 0. The fourth-order valence-electron chi connectivity index (χ4n) is 2.01. The van der Waals surface area contributed by atoms with Gasteiger partial charge in [-0.05, 0) is 43.4 Å². The molecule has 1 saturated carbocycles. The molecule has 2 nitrogen and oxygen atoms in total. The Labute approximate surface area is 97.4 Å². The SMILES string of the molecule is CC(C(=O)O)(c1cccc(Br)c1)C1CC1. The summed E-state index contributed by atoms with van der Waals surface area (Å²) >= 11 is 3.38. The van der Waals surface area contributed by atoms with E-state index in [1.807, 2.05) is 31.2 Å². The molecule has 1 aliphatic rings. The Morgan fingerprint density at radius 2 is 2.20 bits per heavy atom. The number of carboxylic acid groups (broad SMARTS) is 1. The predicted molar refractivity (Wildman–Crippen MR) is 61.9 cm³/mol. The van der Waals surface area contributed by atoms with Crippen LogP contribution in [-0.4, -0.2) is 11.1 Å². The number of hydrogen-bond donors (Lipinski definition) is 1. The maximum Gasteiger partial charge on any atom is 0.314 e. The summed E-state index contributed by atoms with van der Waals surface area (Å²) in [6, 6.07) is 7.62. The average molecular weight is 269 g/mol. The van der Waals surface area contributed by atoms with Crippen LogP contribution in [-0.2, 0) is 10.2 Å². The van der Waals surface area contributed by atoms with Crippen molar-refractivity contribution in [1.29, 1.82) is 0 Å². The Morgan fingerprint density at radius 1 is 1.53 bits per heavy atom. The second-order valence-corrected chi connectivity index (χ2v) is 5.21. The van der Waals surface area contributed by atoms with E-state index in [1.54, 1.807) is 0 Å². The fraction of sp³-hybridized carbons (Fsp3) is 0.417. The maximum atomic E-state index is 11.4. The van der Waals surface area contributed by atoms with Gasteiger partial charge in [-0.1, -0.05) is 28.1 Å². The Hall–Kier alpha value is -0.830. The molecule has 15 heavy (non-hydrogen) atoms. The largest absolute Gasteiger partial charge is 0.481 e. The molecule has 0 amide bonds. The van der Waals surface area contributed by atoms with Crippen LogP contribution >= 0.6 is 15.9 Å². The third-order valence-corrected chi connectivity index (χ3v) is 3.76. The number of carbonyl (C=O) groups is 1. The molecule has 1 N–H and O–H groups in total. The van der Waals surface area contributed by atoms with Gasteiger partial charge in [0.05, 0.1) is 5.41 Å². The van der Waals surface area contributed by atoms with Gasteiger partial charge in [-0.3, -0.25) is 4.79 Å². The average Bonchev–Trinajstić information content (AvgIpc) is 2.99. The van der Waals surface area contributed by atoms with Gasteiger partial charge in [-0.15, -0.1) is 0 Å². The Bertz CT molecular complexity index is 398. The fourth-order valence-corrected chi connectivity index (χ4v) is 2.41. The number of carboxylic acids is 1. The van der Waals surface area contributed by atoms with Crippen molar-refractivity contribution in [3.8, 4) is 0 Å². The highest BCUT2D eigenvalue weighted by Gasteiger charge is 2.48. The van der Waals surface area contributed by atoms with Crippen LogP contribution in [0.15, 0.2) is 28.7 Å². The third kappa shape index (κ3) is 1.81. The summed E-state index contributed by atoms with van der Waals surface area (Å²) in [5.74, 6) is -0.424. The second kappa shape index (κ2) is 3.63. The lowest BCUT2D eigenvalue weighted by atomic mass is 9.78. The van der Waals surface area contributed by atoms with Crippen molar-refractivity contribution in [2.45, 2.75) is 25.2 Å². The highest BCUT2D eigenvalue weighted by Crippen LogP contribution is 2.47. The molecule has 3 heteroatoms. The molecule has 2 rings (SSSR count). The van der Waals surface area contributed by atoms with E-state index in [0.717, 1.165) is 22.9 Å². The van der Waals surface area contributed by atoms with E-state index in [2.05, 4.69) is 15.9 Å². The summed E-state index contributed by atoms with van der Waals surface area (Å²) in [5, 5.41) is 9.37. The van der Waals surface area contributed by atoms with E-state index in [9.17, 15) is 9.90 Å². The van der Waals surface area contributed by atoms with E-state index < -0.39 is 11.4 Å². The molecular weight excluding hydrogens is 256 g/mol. The van der Waals surface area contributed by atoms with Crippen molar-refractivity contribution in [3.05, 3.63) is 34.3 Å². The zero-order valence-corrected chi connectivity index (χ0v) is 10.1. The molecule has 0 bridgehead atoms. The molecule has 1 aromatic carbocycles. The Morgan fingerprint density at radius 3 is 2.67 bits per heavy atom. The number of hydrogen-bond acceptors (Lipinski definition) is 1.